The minimum atomic E-state index is -0.232. The van der Waals surface area contributed by atoms with Crippen LogP contribution in [0.25, 0.3) is 16.7 Å². The van der Waals surface area contributed by atoms with Crippen molar-refractivity contribution >= 4 is 40.3 Å². The van der Waals surface area contributed by atoms with E-state index in [0.29, 0.717) is 43.4 Å². The lowest BCUT2D eigenvalue weighted by molar-refractivity contribution is -0.122. The molecule has 3 aromatic rings. The highest BCUT2D eigenvalue weighted by Crippen LogP contribution is 2.31. The monoisotopic (exact) mass is 484 g/mol. The van der Waals surface area contributed by atoms with Crippen molar-refractivity contribution in [2.24, 2.45) is 11.7 Å². The molecule has 2 aliphatic rings. The van der Waals surface area contributed by atoms with Crippen LogP contribution in [0.5, 0.6) is 0 Å². The van der Waals surface area contributed by atoms with E-state index in [1.807, 2.05) is 35.1 Å². The fourth-order valence-corrected chi connectivity index (χ4v) is 4.85. The summed E-state index contributed by atoms with van der Waals surface area (Å²) in [5, 5.41) is 15.4. The minimum Gasteiger partial charge on any atom is -0.395 e. The zero-order chi connectivity index (χ0) is 23.7. The molecule has 0 spiro atoms. The van der Waals surface area contributed by atoms with Crippen molar-refractivity contribution < 1.29 is 9.90 Å². The first-order chi connectivity index (χ1) is 16.5. The van der Waals surface area contributed by atoms with Gasteiger partial charge in [-0.1, -0.05) is 11.6 Å². The second-order valence-corrected chi connectivity index (χ2v) is 9.27. The largest absolute Gasteiger partial charge is 0.395 e. The fourth-order valence-electron chi connectivity index (χ4n) is 4.72. The molecule has 2 aromatic heterocycles. The molecule has 0 atom stereocenters. The van der Waals surface area contributed by atoms with E-state index in [2.05, 4.69) is 19.8 Å². The maximum absolute atomic E-state index is 11.7. The number of aliphatic hydroxyl groups is 1. The molecule has 10 nitrogen and oxygen atoms in total. The summed E-state index contributed by atoms with van der Waals surface area (Å²) < 4.78 is 1.82. The van der Waals surface area contributed by atoms with Gasteiger partial charge in [0.05, 0.1) is 23.9 Å². The van der Waals surface area contributed by atoms with Crippen molar-refractivity contribution in [2.75, 3.05) is 62.2 Å². The molecule has 0 radical (unpaired) electrons. The number of aromatic nitrogens is 4. The molecular weight excluding hydrogens is 456 g/mol. The number of halogens is 1. The molecule has 11 heteroatoms. The van der Waals surface area contributed by atoms with Gasteiger partial charge < -0.3 is 20.6 Å². The average Bonchev–Trinajstić information content (AvgIpc) is 3.29. The van der Waals surface area contributed by atoms with E-state index in [1.54, 1.807) is 0 Å². The Bertz CT molecular complexity index is 1150. The first kappa shape index (κ1) is 22.8. The minimum absolute atomic E-state index is 0.0931. The molecule has 180 valence electrons. The topological polar surface area (TPSA) is 117 Å². The van der Waals surface area contributed by atoms with Crippen LogP contribution in [0.4, 0.5) is 11.8 Å². The highest BCUT2D eigenvalue weighted by Gasteiger charge is 2.28. The predicted octanol–water partition coefficient (Wildman–Crippen LogP) is 1.28. The molecule has 4 heterocycles. The summed E-state index contributed by atoms with van der Waals surface area (Å²) in [4.78, 5) is 28.2. The molecule has 34 heavy (non-hydrogen) atoms. The van der Waals surface area contributed by atoms with Gasteiger partial charge in [-0.2, -0.15) is 15.1 Å². The van der Waals surface area contributed by atoms with Gasteiger partial charge in [-0.3, -0.25) is 9.69 Å². The zero-order valence-electron chi connectivity index (χ0n) is 19.0. The molecule has 3 N–H and O–H groups in total. The van der Waals surface area contributed by atoms with Gasteiger partial charge in [-0.25, -0.2) is 4.68 Å². The Kier molecular flexibility index (Phi) is 6.53. The number of hydrogen-bond donors (Lipinski definition) is 2. The van der Waals surface area contributed by atoms with Gasteiger partial charge >= 0.3 is 0 Å². The Labute approximate surface area is 202 Å². The van der Waals surface area contributed by atoms with Crippen molar-refractivity contribution in [1.82, 2.24) is 24.6 Å². The van der Waals surface area contributed by atoms with Crippen molar-refractivity contribution in [1.29, 1.82) is 0 Å². The number of benzene rings is 1. The van der Waals surface area contributed by atoms with Gasteiger partial charge in [0.15, 0.2) is 5.65 Å². The van der Waals surface area contributed by atoms with E-state index < -0.39 is 0 Å². The smallest absolute Gasteiger partial charge is 0.229 e. The molecule has 1 aromatic carbocycles. The molecule has 2 fully saturated rings. The Hall–Kier alpha value is -2.95. The number of hydrogen-bond acceptors (Lipinski definition) is 8. The molecule has 1 amide bonds. The van der Waals surface area contributed by atoms with Crippen LogP contribution in [-0.2, 0) is 4.79 Å². The van der Waals surface area contributed by atoms with E-state index in [4.69, 9.17) is 27.3 Å². The highest BCUT2D eigenvalue weighted by atomic mass is 35.5. The van der Waals surface area contributed by atoms with Gasteiger partial charge in [0.2, 0.25) is 11.9 Å². The predicted molar refractivity (Wildman–Crippen MR) is 132 cm³/mol. The van der Waals surface area contributed by atoms with Crippen LogP contribution in [-0.4, -0.2) is 88.1 Å². The van der Waals surface area contributed by atoms with Crippen LogP contribution < -0.4 is 15.5 Å². The number of amides is 1. The number of nitrogens with two attached hydrogens (primary N) is 1. The maximum Gasteiger partial charge on any atom is 0.229 e. The summed E-state index contributed by atoms with van der Waals surface area (Å²) in [6.45, 7) is 5.50. The summed E-state index contributed by atoms with van der Waals surface area (Å²) in [7, 11) is 0. The van der Waals surface area contributed by atoms with E-state index in [9.17, 15) is 9.90 Å². The number of carbonyl (C=O) groups is 1. The van der Waals surface area contributed by atoms with E-state index in [1.165, 1.54) is 0 Å². The number of nitrogens with zero attached hydrogens (tertiary/aromatic N) is 7. The van der Waals surface area contributed by atoms with Crippen molar-refractivity contribution in [3.05, 3.63) is 35.5 Å². The summed E-state index contributed by atoms with van der Waals surface area (Å²) in [5.41, 5.74) is 7.15. The molecule has 0 aliphatic carbocycles. The Morgan fingerprint density at radius 3 is 2.38 bits per heavy atom. The van der Waals surface area contributed by atoms with Crippen molar-refractivity contribution in [2.45, 2.75) is 12.8 Å². The lowest BCUT2D eigenvalue weighted by atomic mass is 9.96. The van der Waals surface area contributed by atoms with Crippen LogP contribution in [0.15, 0.2) is 30.5 Å². The van der Waals surface area contributed by atoms with Crippen LogP contribution in [0.1, 0.15) is 12.8 Å². The highest BCUT2D eigenvalue weighted by molar-refractivity contribution is 6.30. The number of fused-ring (bicyclic) bond motifs is 1. The number of rotatable bonds is 6. The zero-order valence-corrected chi connectivity index (χ0v) is 19.7. The average molecular weight is 485 g/mol. The molecule has 2 aliphatic heterocycles. The standard InChI is InChI=1S/C23H29ClN8O2/c24-17-1-3-18(4-2-17)32-22-19(15-26-32)21(30-7-5-16(6-8-30)20(25)34)27-23(28-22)31-11-9-29(10-12-31)13-14-33/h1-4,15-16,33H,5-14H2,(H2,25,34). The van der Waals surface area contributed by atoms with Gasteiger partial charge in [-0.15, -0.1) is 0 Å². The fraction of sp³-hybridized carbons (Fsp3) is 0.478. The normalized spacial score (nSPS) is 18.1. The number of piperidine rings is 1. The molecule has 0 saturated carbocycles. The maximum atomic E-state index is 11.7. The summed E-state index contributed by atoms with van der Waals surface area (Å²) >= 11 is 6.09. The van der Waals surface area contributed by atoms with Crippen LogP contribution in [0.2, 0.25) is 5.02 Å². The van der Waals surface area contributed by atoms with E-state index >= 15 is 0 Å². The Balaban J connectivity index is 1.52. The molecule has 0 unspecified atom stereocenters. The van der Waals surface area contributed by atoms with E-state index in [-0.39, 0.29) is 18.4 Å². The van der Waals surface area contributed by atoms with Gasteiger partial charge in [0.1, 0.15) is 5.82 Å². The number of β-amino-alcohol motifs (C(OH)–C–C–N with tert-alkyl or cyclic N) is 1. The van der Waals surface area contributed by atoms with Crippen molar-refractivity contribution in [3.63, 3.8) is 0 Å². The molecular formula is C23H29ClN8O2. The quantitative estimate of drug-likeness (QED) is 0.537. The summed E-state index contributed by atoms with van der Waals surface area (Å²) in [6, 6.07) is 7.51. The Morgan fingerprint density at radius 2 is 1.74 bits per heavy atom. The summed E-state index contributed by atoms with van der Waals surface area (Å²) in [5.74, 6) is 1.17. The lowest BCUT2D eigenvalue weighted by Crippen LogP contribution is -2.48. The number of piperazine rings is 1. The first-order valence-corrected chi connectivity index (χ1v) is 12.1. The van der Waals surface area contributed by atoms with Crippen LogP contribution in [0.3, 0.4) is 0 Å². The number of carbonyl (C=O) groups excluding carboxylic acids is 1. The van der Waals surface area contributed by atoms with Crippen LogP contribution in [0, 0.1) is 5.92 Å². The van der Waals surface area contributed by atoms with E-state index in [0.717, 1.165) is 48.7 Å². The molecule has 0 bridgehead atoms. The van der Waals surface area contributed by atoms with Crippen LogP contribution >= 0.6 is 11.6 Å². The van der Waals surface area contributed by atoms with Crippen molar-refractivity contribution in [3.8, 4) is 5.69 Å². The number of primary amides is 1. The SMILES string of the molecule is NC(=O)C1CCN(c2nc(N3CCN(CCO)CC3)nc3c2cnn3-c2ccc(Cl)cc2)CC1. The number of aliphatic hydroxyl groups excluding tert-OH is 1. The van der Waals surface area contributed by atoms with Gasteiger partial charge in [0, 0.05) is 56.8 Å². The molecule has 5 rings (SSSR count). The van der Waals surface area contributed by atoms with Gasteiger partial charge in [0.25, 0.3) is 0 Å². The van der Waals surface area contributed by atoms with Gasteiger partial charge in [-0.05, 0) is 37.1 Å². The third-order valence-electron chi connectivity index (χ3n) is 6.74. The number of anilines is 2. The first-order valence-electron chi connectivity index (χ1n) is 11.7. The third-order valence-corrected chi connectivity index (χ3v) is 6.99. The third kappa shape index (κ3) is 4.53. The Morgan fingerprint density at radius 1 is 1.03 bits per heavy atom. The second kappa shape index (κ2) is 9.73. The second-order valence-electron chi connectivity index (χ2n) is 8.83. The summed E-state index contributed by atoms with van der Waals surface area (Å²) in [6.07, 6.45) is 3.23. The lowest BCUT2D eigenvalue weighted by Gasteiger charge is -2.35. The molecule has 2 saturated heterocycles.